The van der Waals surface area contributed by atoms with Gasteiger partial charge in [-0.2, -0.15) is 13.2 Å². The van der Waals surface area contributed by atoms with Crippen molar-refractivity contribution in [3.05, 3.63) is 122 Å². The fourth-order valence-corrected chi connectivity index (χ4v) is 13.9. The molecule has 4 heterocycles. The van der Waals surface area contributed by atoms with E-state index in [1.807, 2.05) is 58.9 Å². The van der Waals surface area contributed by atoms with E-state index in [9.17, 15) is 64.1 Å². The fraction of sp³-hybridized carbons (Fsp3) is 0.400. The summed E-state index contributed by atoms with van der Waals surface area (Å²) < 4.78 is 128. The van der Waals surface area contributed by atoms with Gasteiger partial charge in [-0.3, -0.25) is 18.9 Å². The third-order valence-corrected chi connectivity index (χ3v) is 18.5. The molecule has 1 fully saturated rings. The first kappa shape index (κ1) is 61.5. The molecule has 5 unspecified atom stereocenters. The summed E-state index contributed by atoms with van der Waals surface area (Å²) in [7, 11) is -26.5. The van der Waals surface area contributed by atoms with Crippen LogP contribution in [-0.4, -0.2) is 109 Å². The second kappa shape index (κ2) is 23.1. The zero-order valence-electron chi connectivity index (χ0n) is 41.8. The molecule has 1 saturated heterocycles. The number of aliphatic hydroxyl groups excluding tert-OH is 1. The molecule has 0 spiro atoms. The number of ether oxygens (including phenoxy) is 1. The van der Waals surface area contributed by atoms with E-state index in [2.05, 4.69) is 32.9 Å². The minimum Gasteiger partial charge on any atom is -0.744 e. The summed E-state index contributed by atoms with van der Waals surface area (Å²) in [5.41, 5.74) is 1.84. The van der Waals surface area contributed by atoms with Crippen molar-refractivity contribution in [2.75, 3.05) is 31.1 Å². The van der Waals surface area contributed by atoms with Crippen LogP contribution in [0.5, 0.6) is 0 Å². The SMILES string of the molecule is CCN1/C(=C/C=C/C2=[N+](CCCCCN/C=C/c3cn(C4CC(O)C(COP(=O)(O)OP(=O)(O)OP(=O)(O)O)O4)c(=O)[nH]c3=O)c3ccc4c(S(=O)(=O)[O-])cccc4c3C2(C)C)C(C)(C)c2cc(S(=O)(=O)[O-])ccc21.[Na+]. The van der Waals surface area contributed by atoms with Gasteiger partial charge in [-0.15, -0.1) is 0 Å². The average molecular weight is 1170 g/mol. The minimum absolute atomic E-state index is 0. The van der Waals surface area contributed by atoms with Crippen molar-refractivity contribution >= 4 is 77.6 Å². The van der Waals surface area contributed by atoms with Crippen LogP contribution in [0, 0.1) is 0 Å². The minimum atomic E-state index is -5.80. The number of aromatic nitrogens is 2. The predicted molar refractivity (Wildman–Crippen MR) is 269 cm³/mol. The van der Waals surface area contributed by atoms with Crippen LogP contribution in [0.15, 0.2) is 104 Å². The first-order chi connectivity index (χ1) is 34.8. The number of benzene rings is 3. The number of unbranched alkanes of at least 4 members (excludes halogenated alkanes) is 2. The van der Waals surface area contributed by atoms with Gasteiger partial charge in [0.1, 0.15) is 39.1 Å². The molecule has 0 aliphatic carbocycles. The number of phosphoric acid groups is 3. The molecule has 31 heteroatoms. The Labute approximate surface area is 458 Å². The maximum absolute atomic E-state index is 12.8. The number of allylic oxidation sites excluding steroid dienone is 4. The Morgan fingerprint density at radius 2 is 1.62 bits per heavy atom. The van der Waals surface area contributed by atoms with Gasteiger partial charge < -0.3 is 48.7 Å². The van der Waals surface area contributed by atoms with Crippen LogP contribution >= 0.6 is 23.5 Å². The van der Waals surface area contributed by atoms with Crippen LogP contribution in [0.4, 0.5) is 11.4 Å². The second-order valence-corrected chi connectivity index (χ2v) is 25.9. The first-order valence-corrected chi connectivity index (χ1v) is 30.4. The van der Waals surface area contributed by atoms with Crippen molar-refractivity contribution in [1.82, 2.24) is 14.9 Å². The Bertz CT molecular complexity index is 3560. The van der Waals surface area contributed by atoms with Crippen molar-refractivity contribution < 1.29 is 116 Å². The molecule has 3 aliphatic heterocycles. The maximum atomic E-state index is 12.8. The molecule has 408 valence electrons. The van der Waals surface area contributed by atoms with E-state index in [-0.39, 0.29) is 51.3 Å². The molecule has 3 aliphatic rings. The monoisotopic (exact) mass is 1170 g/mol. The number of nitrogens with one attached hydrogen (secondary N) is 2. The molecule has 76 heavy (non-hydrogen) atoms. The summed E-state index contributed by atoms with van der Waals surface area (Å²) in [4.78, 5) is 65.6. The third-order valence-electron chi connectivity index (χ3n) is 13.0. The standard InChI is InChI=1S/C45H56N5O20P3S2.Na/c1-6-48-33-18-16-29(74(61,62)63)24-32(33)44(2,3)38(48)14-11-15-39-45(4,5)41-31-12-10-13-37(75(64,65)66)30(31)17-19-34(41)49(39)23-9-7-8-21-46-22-20-28-26-50(43(53)47-42(28)52)40-25-35(51)36(68-40)27-67-72(57,58)70-73(59,60)69-71(54,55)56;/h10-20,22,24,26,35-36,40,46,51H,6-9,21,23,25,27H2,1-5H3,(H6-,47,52,53,54,55,56,57,58,59,60,61,62,63,64,65,66);/q;+1/p-1/b22-20+;. The average Bonchev–Trinajstić information content (AvgIpc) is 3.84. The van der Waals surface area contributed by atoms with Crippen LogP contribution in [0.1, 0.15) is 83.2 Å². The number of likely N-dealkylation sites (N-methyl/N-ethyl adjacent to an activating group) is 1. The van der Waals surface area contributed by atoms with Gasteiger partial charge in [0.2, 0.25) is 5.69 Å². The molecule has 1 aromatic heterocycles. The normalized spacial score (nSPS) is 21.6. The van der Waals surface area contributed by atoms with E-state index in [4.69, 9.17) is 14.5 Å². The number of nitrogens with zero attached hydrogens (tertiary/aromatic N) is 3. The number of H-pyrrole nitrogens is 1. The molecule has 3 aromatic carbocycles. The van der Waals surface area contributed by atoms with Crippen molar-refractivity contribution in [3.63, 3.8) is 0 Å². The summed E-state index contributed by atoms with van der Waals surface area (Å²) in [6, 6.07) is 12.5. The summed E-state index contributed by atoms with van der Waals surface area (Å²) >= 11 is 0. The number of fused-ring (bicyclic) bond motifs is 4. The Morgan fingerprint density at radius 3 is 2.28 bits per heavy atom. The summed E-state index contributed by atoms with van der Waals surface area (Å²) in [5.74, 6) is 0. The van der Waals surface area contributed by atoms with Crippen molar-refractivity contribution in [2.24, 2.45) is 0 Å². The number of aliphatic hydroxyl groups is 1. The van der Waals surface area contributed by atoms with Gasteiger partial charge in [0.05, 0.1) is 33.5 Å². The summed E-state index contributed by atoms with van der Waals surface area (Å²) in [6.45, 7) is 10.5. The van der Waals surface area contributed by atoms with Crippen LogP contribution in [0.2, 0.25) is 0 Å². The zero-order valence-corrected chi connectivity index (χ0v) is 48.1. The second-order valence-electron chi connectivity index (χ2n) is 18.8. The number of aromatic amines is 1. The molecule has 25 nitrogen and oxygen atoms in total. The van der Waals surface area contributed by atoms with Crippen LogP contribution in [-0.2, 0) is 62.6 Å². The third kappa shape index (κ3) is 13.6. The van der Waals surface area contributed by atoms with E-state index in [1.54, 1.807) is 24.3 Å². The van der Waals surface area contributed by atoms with Gasteiger partial charge in [0.25, 0.3) is 5.56 Å². The van der Waals surface area contributed by atoms with Crippen LogP contribution < -0.4 is 51.0 Å². The van der Waals surface area contributed by atoms with Gasteiger partial charge in [-0.05, 0) is 98.6 Å². The maximum Gasteiger partial charge on any atom is 1.00 e. The van der Waals surface area contributed by atoms with Crippen molar-refractivity contribution in [1.29, 1.82) is 0 Å². The number of hydrogen-bond donors (Lipinski definition) is 7. The number of hydrogen-bond acceptors (Lipinski definition) is 18. The Morgan fingerprint density at radius 1 is 0.908 bits per heavy atom. The van der Waals surface area contributed by atoms with Gasteiger partial charge >= 0.3 is 58.7 Å². The Balaban J connectivity index is 0.00000937. The zero-order chi connectivity index (χ0) is 55.3. The number of rotatable bonds is 21. The molecule has 0 amide bonds. The van der Waals surface area contributed by atoms with E-state index in [1.165, 1.54) is 30.5 Å². The van der Waals surface area contributed by atoms with Gasteiger partial charge in [-0.25, -0.2) is 35.3 Å². The number of anilines is 1. The molecule has 7 rings (SSSR count). The molecule has 0 radical (unpaired) electrons. The largest absolute Gasteiger partial charge is 1.00 e. The van der Waals surface area contributed by atoms with E-state index >= 15 is 0 Å². The van der Waals surface area contributed by atoms with E-state index < -0.39 is 90.8 Å². The molecule has 0 bridgehead atoms. The quantitative estimate of drug-likeness (QED) is 0.0205. The molecule has 4 aromatic rings. The smallest absolute Gasteiger partial charge is 0.744 e. The molecular formula is C45H55N5NaO20P3S2. The molecule has 0 saturated carbocycles. The molecular weight excluding hydrogens is 1110 g/mol. The Hall–Kier alpha value is -3.76. The van der Waals surface area contributed by atoms with Gasteiger partial charge in [0.15, 0.2) is 5.71 Å². The number of phosphoric ester groups is 1. The van der Waals surface area contributed by atoms with Crippen LogP contribution in [0.25, 0.3) is 16.8 Å². The summed E-state index contributed by atoms with van der Waals surface area (Å²) in [5, 5.41) is 14.6. The fourth-order valence-electron chi connectivity index (χ4n) is 9.68. The van der Waals surface area contributed by atoms with Crippen LogP contribution in [0.3, 0.4) is 0 Å². The Kier molecular flexibility index (Phi) is 18.7. The summed E-state index contributed by atoms with van der Waals surface area (Å²) in [6.07, 6.45) is 7.58. The predicted octanol–water partition coefficient (Wildman–Crippen LogP) is 1.56. The molecule has 7 N–H and O–H groups in total. The van der Waals surface area contributed by atoms with Gasteiger partial charge in [-0.1, -0.05) is 32.1 Å². The van der Waals surface area contributed by atoms with Gasteiger partial charge in [0, 0.05) is 66.6 Å². The first-order valence-electron chi connectivity index (χ1n) is 23.1. The molecule has 5 atom stereocenters. The van der Waals surface area contributed by atoms with Crippen molar-refractivity contribution in [3.8, 4) is 0 Å². The van der Waals surface area contributed by atoms with E-state index in [0.29, 0.717) is 48.8 Å². The topological polar surface area (TPSA) is 377 Å². The van der Waals surface area contributed by atoms with E-state index in [0.717, 1.165) is 45.5 Å². The van der Waals surface area contributed by atoms with Crippen molar-refractivity contribution in [2.45, 2.75) is 99.4 Å².